The minimum absolute atomic E-state index is 0.0351. The maximum Gasteiger partial charge on any atom is 0.340 e. The molecule has 0 amide bonds. The molecule has 4 aromatic carbocycles. The minimum atomic E-state index is -1.62. The third-order valence-corrected chi connectivity index (χ3v) is 7.87. The Labute approximate surface area is 235 Å². The Kier molecular flexibility index (Phi) is 7.07. The van der Waals surface area contributed by atoms with Gasteiger partial charge in [0, 0.05) is 33.0 Å². The molecule has 0 spiro atoms. The quantitative estimate of drug-likeness (QED) is 0.119. The molecule has 10 nitrogen and oxygen atoms in total. The van der Waals surface area contributed by atoms with E-state index in [1.54, 1.807) is 34.6 Å². The van der Waals surface area contributed by atoms with Crippen LogP contribution in [0.1, 0.15) is 88.9 Å². The summed E-state index contributed by atoms with van der Waals surface area (Å²) < 4.78 is 0. The first kappa shape index (κ1) is 29.1. The number of aryl methyl sites for hydroxylation is 2. The van der Waals surface area contributed by atoms with E-state index in [1.165, 1.54) is 12.1 Å². The molecule has 0 saturated carbocycles. The maximum atomic E-state index is 12.3. The Hall–Kier alpha value is -4.86. The highest BCUT2D eigenvalue weighted by molar-refractivity contribution is 6.16. The lowest BCUT2D eigenvalue weighted by Crippen LogP contribution is -2.05. The van der Waals surface area contributed by atoms with Gasteiger partial charge >= 0.3 is 11.9 Å². The molecule has 41 heavy (non-hydrogen) atoms. The van der Waals surface area contributed by atoms with Gasteiger partial charge in [-0.05, 0) is 54.0 Å². The summed E-state index contributed by atoms with van der Waals surface area (Å²) in [5.74, 6) is -8.26. The van der Waals surface area contributed by atoms with Crippen LogP contribution in [-0.4, -0.2) is 52.8 Å². The van der Waals surface area contributed by atoms with E-state index in [0.29, 0.717) is 17.5 Å². The lowest BCUT2D eigenvalue weighted by atomic mass is 9.82. The number of phenolic OH excluding ortho intramolecular Hbond substituents is 4. The van der Waals surface area contributed by atoms with Crippen molar-refractivity contribution in [3.05, 3.63) is 45.5 Å². The monoisotopic (exact) mass is 564 g/mol. The normalized spacial score (nSPS) is 12.4. The fraction of sp³-hybridized carbons (Fsp3) is 0.290. The van der Waals surface area contributed by atoms with E-state index < -0.39 is 57.6 Å². The van der Waals surface area contributed by atoms with Crippen LogP contribution in [0.5, 0.6) is 34.5 Å². The minimum Gasteiger partial charge on any atom is -0.507 e. The zero-order valence-electron chi connectivity index (χ0n) is 23.4. The Bertz CT molecular complexity index is 1800. The van der Waals surface area contributed by atoms with E-state index in [4.69, 9.17) is 0 Å². The highest BCUT2D eigenvalue weighted by Gasteiger charge is 2.32. The molecular weight excluding hydrogens is 532 g/mol. The van der Waals surface area contributed by atoms with Gasteiger partial charge in [0.25, 0.3) is 0 Å². The molecule has 0 aliphatic carbocycles. The second kappa shape index (κ2) is 9.96. The van der Waals surface area contributed by atoms with Gasteiger partial charge in [0.1, 0.15) is 22.6 Å². The summed E-state index contributed by atoms with van der Waals surface area (Å²) in [6.07, 6.45) is 0.521. The number of fused-ring (bicyclic) bond motifs is 2. The van der Waals surface area contributed by atoms with Gasteiger partial charge in [0.2, 0.25) is 0 Å². The first-order chi connectivity index (χ1) is 19.1. The third-order valence-electron chi connectivity index (χ3n) is 7.87. The number of benzene rings is 4. The van der Waals surface area contributed by atoms with Crippen LogP contribution in [0.3, 0.4) is 0 Å². The summed E-state index contributed by atoms with van der Waals surface area (Å²) in [6, 6.07) is 3.05. The average molecular weight is 565 g/mol. The standard InChI is InChI=1S/C31H32O10/c1-7-11(4)17-15-9-13(6)19(25(33)21(15)23(31(40)41)29(37)27(17)35)18-12(5)8-14-16(10(2)3)26(34)28(36)22(30(38)39)20(14)24(18)32/h8-11,32-37H,7H2,1-6H3,(H,38,39)(H,40,41). The van der Waals surface area contributed by atoms with Gasteiger partial charge < -0.3 is 40.9 Å². The van der Waals surface area contributed by atoms with Crippen molar-refractivity contribution in [1.82, 2.24) is 0 Å². The summed E-state index contributed by atoms with van der Waals surface area (Å²) in [4.78, 5) is 24.5. The van der Waals surface area contributed by atoms with Crippen LogP contribution in [0.25, 0.3) is 32.7 Å². The van der Waals surface area contributed by atoms with E-state index in [-0.39, 0.29) is 55.6 Å². The molecule has 0 aliphatic heterocycles. The number of carboxylic acids is 2. The molecule has 0 aromatic heterocycles. The van der Waals surface area contributed by atoms with E-state index in [2.05, 4.69) is 0 Å². The van der Waals surface area contributed by atoms with Crippen LogP contribution >= 0.6 is 0 Å². The van der Waals surface area contributed by atoms with Gasteiger partial charge in [-0.15, -0.1) is 0 Å². The SMILES string of the molecule is CCC(C)c1c(O)c(O)c(C(=O)O)c2c(O)c(-c3c(C)cc4c(C(C)C)c(O)c(O)c(C(=O)O)c4c3O)c(C)cc12. The van der Waals surface area contributed by atoms with Crippen LogP contribution in [0.15, 0.2) is 12.1 Å². The highest BCUT2D eigenvalue weighted by Crippen LogP contribution is 2.54. The Morgan fingerprint density at radius 2 is 1.00 bits per heavy atom. The predicted octanol–water partition coefficient (Wildman–Crippen LogP) is 6.54. The van der Waals surface area contributed by atoms with Gasteiger partial charge in [0.05, 0.1) is 0 Å². The number of hydrogen-bond acceptors (Lipinski definition) is 8. The molecule has 0 aliphatic rings. The Morgan fingerprint density at radius 3 is 1.34 bits per heavy atom. The number of carboxylic acid groups (broad SMARTS) is 2. The molecule has 0 bridgehead atoms. The van der Waals surface area contributed by atoms with Crippen molar-refractivity contribution in [2.75, 3.05) is 0 Å². The van der Waals surface area contributed by atoms with Crippen molar-refractivity contribution in [1.29, 1.82) is 0 Å². The van der Waals surface area contributed by atoms with Gasteiger partial charge in [-0.25, -0.2) is 9.59 Å². The van der Waals surface area contributed by atoms with Crippen molar-refractivity contribution < 1.29 is 50.4 Å². The summed E-state index contributed by atoms with van der Waals surface area (Å²) in [5, 5.41) is 85.9. The van der Waals surface area contributed by atoms with Crippen molar-refractivity contribution in [2.24, 2.45) is 0 Å². The molecule has 0 radical (unpaired) electrons. The molecule has 4 aromatic rings. The maximum absolute atomic E-state index is 12.3. The molecule has 0 saturated heterocycles. The second-order valence-corrected chi connectivity index (χ2v) is 10.7. The van der Waals surface area contributed by atoms with Crippen LogP contribution in [-0.2, 0) is 0 Å². The fourth-order valence-electron chi connectivity index (χ4n) is 5.85. The molecule has 1 unspecified atom stereocenters. The fourth-order valence-corrected chi connectivity index (χ4v) is 5.85. The Balaban J connectivity index is 2.30. The van der Waals surface area contributed by atoms with Gasteiger partial charge in [-0.2, -0.15) is 0 Å². The predicted molar refractivity (Wildman–Crippen MR) is 153 cm³/mol. The van der Waals surface area contributed by atoms with E-state index in [9.17, 15) is 50.4 Å². The lowest BCUT2D eigenvalue weighted by Gasteiger charge is -2.23. The number of hydrogen-bond donors (Lipinski definition) is 8. The third kappa shape index (κ3) is 4.09. The molecule has 1 atom stereocenters. The topological polar surface area (TPSA) is 196 Å². The first-order valence-electron chi connectivity index (χ1n) is 13.0. The molecule has 216 valence electrons. The van der Waals surface area contributed by atoms with E-state index in [1.807, 2.05) is 6.92 Å². The van der Waals surface area contributed by atoms with Crippen molar-refractivity contribution >= 4 is 33.5 Å². The van der Waals surface area contributed by atoms with Crippen LogP contribution in [0, 0.1) is 13.8 Å². The van der Waals surface area contributed by atoms with Crippen LogP contribution in [0.4, 0.5) is 0 Å². The summed E-state index contributed by atoms with van der Waals surface area (Å²) in [6.45, 7) is 10.2. The summed E-state index contributed by atoms with van der Waals surface area (Å²) in [7, 11) is 0. The van der Waals surface area contributed by atoms with E-state index in [0.717, 1.165) is 0 Å². The van der Waals surface area contributed by atoms with Crippen LogP contribution in [0.2, 0.25) is 0 Å². The molecular formula is C31H32O10. The highest BCUT2D eigenvalue weighted by atomic mass is 16.4. The summed E-state index contributed by atoms with van der Waals surface area (Å²) >= 11 is 0. The number of phenols is 6. The number of rotatable bonds is 6. The smallest absolute Gasteiger partial charge is 0.340 e. The molecule has 0 heterocycles. The van der Waals surface area contributed by atoms with Crippen LogP contribution < -0.4 is 0 Å². The number of aromatic carboxylic acids is 2. The van der Waals surface area contributed by atoms with E-state index >= 15 is 0 Å². The molecule has 0 fully saturated rings. The largest absolute Gasteiger partial charge is 0.507 e. The molecule has 4 rings (SSSR count). The summed E-state index contributed by atoms with van der Waals surface area (Å²) in [5.41, 5.74) is -0.412. The zero-order chi connectivity index (χ0) is 30.8. The molecule has 8 N–H and O–H groups in total. The van der Waals surface area contributed by atoms with Gasteiger partial charge in [-0.3, -0.25) is 0 Å². The Morgan fingerprint density at radius 1 is 0.634 bits per heavy atom. The molecule has 10 heteroatoms. The lowest BCUT2D eigenvalue weighted by molar-refractivity contribution is 0.0683. The van der Waals surface area contributed by atoms with Crippen molar-refractivity contribution in [2.45, 2.75) is 59.8 Å². The average Bonchev–Trinajstić information content (AvgIpc) is 2.87. The van der Waals surface area contributed by atoms with Gasteiger partial charge in [0.15, 0.2) is 23.0 Å². The van der Waals surface area contributed by atoms with Gasteiger partial charge in [-0.1, -0.05) is 39.8 Å². The number of carbonyl (C=O) groups is 2. The number of aromatic hydroxyl groups is 6. The first-order valence-corrected chi connectivity index (χ1v) is 13.0. The van der Waals surface area contributed by atoms with Crippen molar-refractivity contribution in [3.8, 4) is 45.6 Å². The van der Waals surface area contributed by atoms with Crippen molar-refractivity contribution in [3.63, 3.8) is 0 Å². The zero-order valence-corrected chi connectivity index (χ0v) is 23.4. The second-order valence-electron chi connectivity index (χ2n) is 10.7.